The molecule has 1 atom stereocenters. The first-order valence-electron chi connectivity index (χ1n) is 10.3. The first kappa shape index (κ1) is 23.8. The largest absolute Gasteiger partial charge is 0.462 e. The number of unbranched alkanes of at least 4 members (excludes halogenated alkanes) is 1. The van der Waals surface area contributed by atoms with Crippen LogP contribution in [0.2, 0.25) is 0 Å². The van der Waals surface area contributed by atoms with E-state index < -0.39 is 47.5 Å². The number of esters is 1. The average molecular weight is 459 g/mol. The van der Waals surface area contributed by atoms with E-state index in [-0.39, 0.29) is 5.56 Å². The molecule has 1 unspecified atom stereocenters. The summed E-state index contributed by atoms with van der Waals surface area (Å²) in [6, 6.07) is 7.57. The standard InChI is InChI=1S/C23H23F2N3O5/c1-3-4-11-33-20(30)14-5-8-16(9-6-14)26-19(29)13-28-21(31)23(2,27-22(28)32)17-12-15(24)7-10-18(17)25/h5-10,12H,3-4,11,13H2,1-2H3,(H,26,29)(H,27,32). The molecule has 0 bridgehead atoms. The summed E-state index contributed by atoms with van der Waals surface area (Å²) in [5.74, 6) is -3.71. The maximum Gasteiger partial charge on any atom is 0.338 e. The first-order chi connectivity index (χ1) is 15.7. The van der Waals surface area contributed by atoms with Crippen LogP contribution in [-0.2, 0) is 19.9 Å². The Bertz CT molecular complexity index is 1090. The van der Waals surface area contributed by atoms with E-state index in [2.05, 4.69) is 10.6 Å². The van der Waals surface area contributed by atoms with Gasteiger partial charge in [0.2, 0.25) is 5.91 Å². The predicted molar refractivity (Wildman–Crippen MR) is 114 cm³/mol. The van der Waals surface area contributed by atoms with Crippen LogP contribution in [0.5, 0.6) is 0 Å². The van der Waals surface area contributed by atoms with Crippen LogP contribution >= 0.6 is 0 Å². The zero-order valence-electron chi connectivity index (χ0n) is 18.1. The van der Waals surface area contributed by atoms with Crippen LogP contribution in [0.3, 0.4) is 0 Å². The molecule has 0 saturated carbocycles. The van der Waals surface area contributed by atoms with Gasteiger partial charge in [0.25, 0.3) is 5.91 Å². The molecule has 1 saturated heterocycles. The number of rotatable bonds is 8. The number of nitrogens with zero attached hydrogens (tertiary/aromatic N) is 1. The lowest BCUT2D eigenvalue weighted by atomic mass is 9.91. The number of imide groups is 1. The lowest BCUT2D eigenvalue weighted by Crippen LogP contribution is -2.42. The fourth-order valence-corrected chi connectivity index (χ4v) is 3.33. The zero-order valence-corrected chi connectivity index (χ0v) is 18.1. The predicted octanol–water partition coefficient (Wildman–Crippen LogP) is 3.33. The van der Waals surface area contributed by atoms with Gasteiger partial charge in [-0.15, -0.1) is 0 Å². The summed E-state index contributed by atoms with van der Waals surface area (Å²) in [6.45, 7) is 2.89. The van der Waals surface area contributed by atoms with Crippen molar-refractivity contribution in [2.24, 2.45) is 0 Å². The van der Waals surface area contributed by atoms with Gasteiger partial charge in [-0.2, -0.15) is 0 Å². The Morgan fingerprint density at radius 1 is 1.12 bits per heavy atom. The van der Waals surface area contributed by atoms with Gasteiger partial charge in [0.1, 0.15) is 23.7 Å². The molecule has 0 spiro atoms. The summed E-state index contributed by atoms with van der Waals surface area (Å²) in [5.41, 5.74) is -1.56. The van der Waals surface area contributed by atoms with Gasteiger partial charge in [-0.25, -0.2) is 18.4 Å². The minimum absolute atomic E-state index is 0.311. The van der Waals surface area contributed by atoms with Gasteiger partial charge < -0.3 is 15.4 Å². The number of hydrogen-bond acceptors (Lipinski definition) is 5. The van der Waals surface area contributed by atoms with E-state index in [4.69, 9.17) is 4.74 Å². The number of urea groups is 1. The Hall–Kier alpha value is -3.82. The maximum absolute atomic E-state index is 14.2. The molecule has 0 aromatic heterocycles. The Balaban J connectivity index is 1.64. The summed E-state index contributed by atoms with van der Waals surface area (Å²) in [7, 11) is 0. The molecule has 10 heteroatoms. The molecule has 174 valence electrons. The molecule has 0 radical (unpaired) electrons. The van der Waals surface area contributed by atoms with Crippen molar-refractivity contribution in [1.29, 1.82) is 0 Å². The summed E-state index contributed by atoms with van der Waals surface area (Å²) in [5, 5.41) is 4.84. The number of nitrogens with one attached hydrogen (secondary N) is 2. The smallest absolute Gasteiger partial charge is 0.338 e. The van der Waals surface area contributed by atoms with Crippen LogP contribution in [-0.4, -0.2) is 41.9 Å². The lowest BCUT2D eigenvalue weighted by Gasteiger charge is -2.22. The van der Waals surface area contributed by atoms with Crippen LogP contribution in [0.25, 0.3) is 0 Å². The van der Waals surface area contributed by atoms with Gasteiger partial charge in [-0.3, -0.25) is 14.5 Å². The van der Waals surface area contributed by atoms with Crippen LogP contribution < -0.4 is 10.6 Å². The van der Waals surface area contributed by atoms with Crippen LogP contribution in [0.15, 0.2) is 42.5 Å². The Kier molecular flexibility index (Phi) is 7.05. The molecular formula is C23H23F2N3O5. The monoisotopic (exact) mass is 459 g/mol. The van der Waals surface area contributed by atoms with Gasteiger partial charge in [0, 0.05) is 11.3 Å². The molecule has 1 heterocycles. The van der Waals surface area contributed by atoms with E-state index in [1.165, 1.54) is 31.2 Å². The molecule has 4 amide bonds. The average Bonchev–Trinajstić information content (AvgIpc) is 2.99. The molecule has 2 N–H and O–H groups in total. The van der Waals surface area contributed by atoms with E-state index >= 15 is 0 Å². The molecule has 1 aliphatic rings. The molecule has 3 rings (SSSR count). The van der Waals surface area contributed by atoms with E-state index in [0.29, 0.717) is 22.8 Å². The third-order valence-corrected chi connectivity index (χ3v) is 5.18. The number of halogens is 2. The third kappa shape index (κ3) is 5.16. The van der Waals surface area contributed by atoms with Gasteiger partial charge in [0.05, 0.1) is 12.2 Å². The van der Waals surface area contributed by atoms with E-state index in [9.17, 15) is 28.0 Å². The topological polar surface area (TPSA) is 105 Å². The van der Waals surface area contributed by atoms with Crippen molar-refractivity contribution in [3.8, 4) is 0 Å². The second-order valence-electron chi connectivity index (χ2n) is 7.69. The molecule has 0 aliphatic carbocycles. The normalized spacial score (nSPS) is 17.6. The van der Waals surface area contributed by atoms with E-state index in [0.717, 1.165) is 31.0 Å². The van der Waals surface area contributed by atoms with Gasteiger partial charge in [-0.1, -0.05) is 13.3 Å². The summed E-state index contributed by atoms with van der Waals surface area (Å²) in [4.78, 5) is 50.1. The Labute approximate surface area is 188 Å². The number of carbonyl (C=O) groups is 4. The maximum atomic E-state index is 14.2. The van der Waals surface area contributed by atoms with Gasteiger partial charge in [-0.05, 0) is 55.8 Å². The highest BCUT2D eigenvalue weighted by atomic mass is 19.1. The van der Waals surface area contributed by atoms with Gasteiger partial charge in [0.15, 0.2) is 0 Å². The number of carbonyl (C=O) groups excluding carboxylic acids is 4. The second-order valence-corrected chi connectivity index (χ2v) is 7.69. The molecule has 1 aliphatic heterocycles. The number of amides is 4. The van der Waals surface area contributed by atoms with Crippen molar-refractivity contribution in [3.63, 3.8) is 0 Å². The summed E-state index contributed by atoms with van der Waals surface area (Å²) >= 11 is 0. The SMILES string of the molecule is CCCCOC(=O)c1ccc(NC(=O)CN2C(=O)NC(C)(c3cc(F)ccc3F)C2=O)cc1. The molecule has 2 aromatic carbocycles. The molecule has 1 fully saturated rings. The highest BCUT2D eigenvalue weighted by Gasteiger charge is 2.50. The fraction of sp³-hybridized carbons (Fsp3) is 0.304. The number of anilines is 1. The van der Waals surface area contributed by atoms with Crippen molar-refractivity contribution >= 4 is 29.5 Å². The number of hydrogen-bond donors (Lipinski definition) is 2. The summed E-state index contributed by atoms with van der Waals surface area (Å²) in [6.07, 6.45) is 1.65. The van der Waals surface area contributed by atoms with Gasteiger partial charge >= 0.3 is 12.0 Å². The molecular weight excluding hydrogens is 436 g/mol. The van der Waals surface area contributed by atoms with Crippen molar-refractivity contribution in [2.45, 2.75) is 32.2 Å². The minimum Gasteiger partial charge on any atom is -0.462 e. The molecule has 33 heavy (non-hydrogen) atoms. The second kappa shape index (κ2) is 9.76. The molecule has 2 aromatic rings. The summed E-state index contributed by atoms with van der Waals surface area (Å²) < 4.78 is 32.9. The van der Waals surface area contributed by atoms with Crippen LogP contribution in [0.1, 0.15) is 42.6 Å². The Morgan fingerprint density at radius 3 is 2.48 bits per heavy atom. The van der Waals surface area contributed by atoms with Crippen molar-refractivity contribution in [1.82, 2.24) is 10.2 Å². The Morgan fingerprint density at radius 2 is 1.82 bits per heavy atom. The van der Waals surface area contributed by atoms with Crippen molar-refractivity contribution in [3.05, 3.63) is 65.2 Å². The third-order valence-electron chi connectivity index (χ3n) is 5.18. The van der Waals surface area contributed by atoms with Crippen LogP contribution in [0.4, 0.5) is 19.3 Å². The highest BCUT2D eigenvalue weighted by Crippen LogP contribution is 2.31. The minimum atomic E-state index is -1.86. The highest BCUT2D eigenvalue weighted by molar-refractivity contribution is 6.10. The van der Waals surface area contributed by atoms with Crippen molar-refractivity contribution < 1.29 is 32.7 Å². The molecule has 8 nitrogen and oxygen atoms in total. The number of ether oxygens (including phenoxy) is 1. The quantitative estimate of drug-likeness (QED) is 0.358. The van der Waals surface area contributed by atoms with Crippen molar-refractivity contribution in [2.75, 3.05) is 18.5 Å². The van der Waals surface area contributed by atoms with E-state index in [1.807, 2.05) is 6.92 Å². The first-order valence-corrected chi connectivity index (χ1v) is 10.3. The fourth-order valence-electron chi connectivity index (χ4n) is 3.33. The number of benzene rings is 2. The lowest BCUT2D eigenvalue weighted by molar-refractivity contribution is -0.133. The van der Waals surface area contributed by atoms with Crippen LogP contribution in [0, 0.1) is 11.6 Å². The zero-order chi connectivity index (χ0) is 24.2. The van der Waals surface area contributed by atoms with E-state index in [1.54, 1.807) is 0 Å².